The maximum Gasteiger partial charge on any atom is 0.412 e. The Morgan fingerprint density at radius 1 is 1.09 bits per heavy atom. The molecule has 1 heterocycles. The lowest BCUT2D eigenvalue weighted by molar-refractivity contribution is 0.0636. The highest BCUT2D eigenvalue weighted by Gasteiger charge is 2.18. The van der Waals surface area contributed by atoms with E-state index in [4.69, 9.17) is 16.3 Å². The molecule has 0 saturated heterocycles. The smallest absolute Gasteiger partial charge is 0.412 e. The Bertz CT molecular complexity index is 686. The Hall–Kier alpha value is -1.85. The number of rotatable bonds is 3. The maximum atomic E-state index is 12.3. The molecule has 0 aliphatic carbocycles. The number of carbonyl (C=O) groups is 2. The van der Waals surface area contributed by atoms with Crippen LogP contribution >= 0.6 is 22.9 Å². The second-order valence-electron chi connectivity index (χ2n) is 5.63. The zero-order valence-electron chi connectivity index (χ0n) is 12.5. The number of ketones is 1. The van der Waals surface area contributed by atoms with Crippen molar-refractivity contribution in [1.29, 1.82) is 0 Å². The van der Waals surface area contributed by atoms with E-state index in [0.717, 1.165) is 0 Å². The monoisotopic (exact) mass is 337 g/mol. The van der Waals surface area contributed by atoms with Crippen LogP contribution in [0.25, 0.3) is 0 Å². The standard InChI is InChI=1S/C16H16ClNO3S/c1-16(2,3)21-15(20)18-13-9-8-12(22-13)14(19)10-4-6-11(17)7-5-10/h4-9H,1-3H3,(H,18,20). The van der Waals surface area contributed by atoms with E-state index in [9.17, 15) is 9.59 Å². The average molecular weight is 338 g/mol. The molecule has 22 heavy (non-hydrogen) atoms. The molecule has 1 aromatic carbocycles. The van der Waals surface area contributed by atoms with Crippen LogP contribution in [0.1, 0.15) is 36.0 Å². The Balaban J connectivity index is 2.06. The number of halogens is 1. The molecule has 0 radical (unpaired) electrons. The number of thiophene rings is 1. The third kappa shape index (κ3) is 4.58. The van der Waals surface area contributed by atoms with Gasteiger partial charge in [-0.25, -0.2) is 4.79 Å². The average Bonchev–Trinajstić information content (AvgIpc) is 2.85. The number of hydrogen-bond acceptors (Lipinski definition) is 4. The number of carbonyl (C=O) groups excluding carboxylic acids is 2. The summed E-state index contributed by atoms with van der Waals surface area (Å²) in [5, 5.41) is 3.76. The minimum absolute atomic E-state index is 0.112. The van der Waals surface area contributed by atoms with Gasteiger partial charge in [-0.2, -0.15) is 0 Å². The first kappa shape index (κ1) is 16.5. The SMILES string of the molecule is CC(C)(C)OC(=O)Nc1ccc(C(=O)c2ccc(Cl)cc2)s1. The van der Waals surface area contributed by atoms with Crippen LogP contribution in [0.3, 0.4) is 0 Å². The molecule has 2 rings (SSSR count). The first-order valence-electron chi connectivity index (χ1n) is 6.65. The highest BCUT2D eigenvalue weighted by atomic mass is 35.5. The number of hydrogen-bond donors (Lipinski definition) is 1. The fourth-order valence-electron chi connectivity index (χ4n) is 1.67. The largest absolute Gasteiger partial charge is 0.444 e. The lowest BCUT2D eigenvalue weighted by Crippen LogP contribution is -2.26. The van der Waals surface area contributed by atoms with Crippen LogP contribution in [0.4, 0.5) is 9.80 Å². The highest BCUT2D eigenvalue weighted by molar-refractivity contribution is 7.18. The maximum absolute atomic E-state index is 12.3. The number of anilines is 1. The summed E-state index contributed by atoms with van der Waals surface area (Å²) in [7, 11) is 0. The number of ether oxygens (including phenoxy) is 1. The summed E-state index contributed by atoms with van der Waals surface area (Å²) in [6.07, 6.45) is -0.542. The molecule has 1 amide bonds. The van der Waals surface area contributed by atoms with Crippen molar-refractivity contribution in [3.8, 4) is 0 Å². The highest BCUT2D eigenvalue weighted by Crippen LogP contribution is 2.25. The van der Waals surface area contributed by atoms with Crippen molar-refractivity contribution in [1.82, 2.24) is 0 Å². The van der Waals surface area contributed by atoms with E-state index in [1.54, 1.807) is 57.2 Å². The van der Waals surface area contributed by atoms with Crippen molar-refractivity contribution < 1.29 is 14.3 Å². The Morgan fingerprint density at radius 3 is 2.32 bits per heavy atom. The van der Waals surface area contributed by atoms with Crippen molar-refractivity contribution in [2.75, 3.05) is 5.32 Å². The molecule has 0 aliphatic heterocycles. The molecule has 2 aromatic rings. The topological polar surface area (TPSA) is 55.4 Å². The molecular formula is C16H16ClNO3S. The minimum Gasteiger partial charge on any atom is -0.444 e. The van der Waals surface area contributed by atoms with Crippen molar-refractivity contribution in [2.45, 2.75) is 26.4 Å². The van der Waals surface area contributed by atoms with Crippen molar-refractivity contribution in [3.63, 3.8) is 0 Å². The third-order valence-electron chi connectivity index (χ3n) is 2.56. The fraction of sp³-hybridized carbons (Fsp3) is 0.250. The van der Waals surface area contributed by atoms with Crippen molar-refractivity contribution in [3.05, 3.63) is 51.9 Å². The van der Waals surface area contributed by atoms with Gasteiger partial charge in [-0.3, -0.25) is 10.1 Å². The van der Waals surface area contributed by atoms with E-state index in [2.05, 4.69) is 5.32 Å². The fourth-order valence-corrected chi connectivity index (χ4v) is 2.65. The molecule has 0 bridgehead atoms. The summed E-state index contributed by atoms with van der Waals surface area (Å²) in [4.78, 5) is 24.5. The predicted octanol–water partition coefficient (Wildman–Crippen LogP) is 4.98. The molecule has 0 fully saturated rings. The van der Waals surface area contributed by atoms with Crippen molar-refractivity contribution in [2.24, 2.45) is 0 Å². The second-order valence-corrected chi connectivity index (χ2v) is 7.15. The van der Waals surface area contributed by atoms with E-state index in [1.165, 1.54) is 11.3 Å². The molecule has 0 aliphatic rings. The molecule has 6 heteroatoms. The first-order chi connectivity index (χ1) is 10.2. The van der Waals surface area contributed by atoms with Gasteiger partial charge in [-0.15, -0.1) is 11.3 Å². The lowest BCUT2D eigenvalue weighted by Gasteiger charge is -2.19. The van der Waals surface area contributed by atoms with Gasteiger partial charge in [0.25, 0.3) is 0 Å². The van der Waals surface area contributed by atoms with E-state index >= 15 is 0 Å². The van der Waals surface area contributed by atoms with Crippen LogP contribution in [-0.4, -0.2) is 17.5 Å². The zero-order valence-corrected chi connectivity index (χ0v) is 14.0. The second kappa shape index (κ2) is 6.50. The summed E-state index contributed by atoms with van der Waals surface area (Å²) in [6, 6.07) is 10.0. The number of benzene rings is 1. The van der Waals surface area contributed by atoms with Gasteiger partial charge in [-0.05, 0) is 57.2 Å². The Labute approximate surface area is 138 Å². The lowest BCUT2D eigenvalue weighted by atomic mass is 10.1. The zero-order chi connectivity index (χ0) is 16.3. The summed E-state index contributed by atoms with van der Waals surface area (Å²) < 4.78 is 5.17. The van der Waals surface area contributed by atoms with Gasteiger partial charge in [0, 0.05) is 10.6 Å². The number of nitrogens with one attached hydrogen (secondary N) is 1. The summed E-state index contributed by atoms with van der Waals surface area (Å²) in [5.41, 5.74) is -0.0152. The molecule has 0 spiro atoms. The van der Waals surface area contributed by atoms with Gasteiger partial charge in [0.05, 0.1) is 9.88 Å². The Kier molecular flexibility index (Phi) is 4.88. The van der Waals surface area contributed by atoms with Crippen LogP contribution in [0, 0.1) is 0 Å². The predicted molar refractivity (Wildman–Crippen MR) is 89.1 cm³/mol. The summed E-state index contributed by atoms with van der Waals surface area (Å²) in [5.74, 6) is -0.112. The van der Waals surface area contributed by atoms with Gasteiger partial charge in [-0.1, -0.05) is 11.6 Å². The van der Waals surface area contributed by atoms with Crippen LogP contribution in [0.5, 0.6) is 0 Å². The summed E-state index contributed by atoms with van der Waals surface area (Å²) in [6.45, 7) is 5.36. The van der Waals surface area contributed by atoms with Gasteiger partial charge in [0.2, 0.25) is 5.78 Å². The van der Waals surface area contributed by atoms with Gasteiger partial charge in [0.15, 0.2) is 0 Å². The molecule has 1 N–H and O–H groups in total. The minimum atomic E-state index is -0.566. The third-order valence-corrected chi connectivity index (χ3v) is 3.81. The first-order valence-corrected chi connectivity index (χ1v) is 7.84. The van der Waals surface area contributed by atoms with E-state index < -0.39 is 11.7 Å². The van der Waals surface area contributed by atoms with Crippen LogP contribution < -0.4 is 5.32 Å². The van der Waals surface area contributed by atoms with Gasteiger partial charge < -0.3 is 4.74 Å². The van der Waals surface area contributed by atoms with Gasteiger partial charge in [0.1, 0.15) is 5.60 Å². The number of amides is 1. The van der Waals surface area contributed by atoms with E-state index in [1.807, 2.05) is 0 Å². The normalized spacial score (nSPS) is 11.1. The Morgan fingerprint density at radius 2 is 1.73 bits per heavy atom. The van der Waals surface area contributed by atoms with Crippen LogP contribution in [0.15, 0.2) is 36.4 Å². The van der Waals surface area contributed by atoms with Gasteiger partial charge >= 0.3 is 6.09 Å². The molecule has 116 valence electrons. The molecule has 4 nitrogen and oxygen atoms in total. The van der Waals surface area contributed by atoms with E-state index in [-0.39, 0.29) is 5.78 Å². The molecular weight excluding hydrogens is 322 g/mol. The summed E-state index contributed by atoms with van der Waals surface area (Å²) >= 11 is 7.01. The van der Waals surface area contributed by atoms with Crippen LogP contribution in [-0.2, 0) is 4.74 Å². The van der Waals surface area contributed by atoms with E-state index in [0.29, 0.717) is 20.5 Å². The molecule has 0 saturated carbocycles. The van der Waals surface area contributed by atoms with Crippen LogP contribution in [0.2, 0.25) is 5.02 Å². The molecule has 0 atom stereocenters. The van der Waals surface area contributed by atoms with Crippen molar-refractivity contribution >= 4 is 39.8 Å². The molecule has 1 aromatic heterocycles. The molecule has 0 unspecified atom stereocenters. The quantitative estimate of drug-likeness (QED) is 0.803.